The van der Waals surface area contributed by atoms with E-state index >= 15 is 0 Å². The summed E-state index contributed by atoms with van der Waals surface area (Å²) in [6.07, 6.45) is 6.59. The highest BCUT2D eigenvalue weighted by atomic mass is 19.1. The van der Waals surface area contributed by atoms with Crippen LogP contribution in [0.5, 0.6) is 0 Å². The number of aromatic amines is 2. The molecule has 32 heavy (non-hydrogen) atoms. The molecular formula is C23H15FN8. The van der Waals surface area contributed by atoms with E-state index in [9.17, 15) is 4.39 Å². The van der Waals surface area contributed by atoms with Gasteiger partial charge in [-0.15, -0.1) is 0 Å². The maximum absolute atomic E-state index is 14.9. The van der Waals surface area contributed by atoms with Crippen LogP contribution in [-0.4, -0.2) is 35.1 Å². The minimum absolute atomic E-state index is 0.226. The Bertz CT molecular complexity index is 1600. The zero-order valence-corrected chi connectivity index (χ0v) is 16.5. The average Bonchev–Trinajstić information content (AvgIpc) is 3.44. The van der Waals surface area contributed by atoms with Gasteiger partial charge >= 0.3 is 0 Å². The number of imidazole rings is 1. The summed E-state index contributed by atoms with van der Waals surface area (Å²) in [5.41, 5.74) is 11.3. The van der Waals surface area contributed by atoms with E-state index in [2.05, 4.69) is 30.1 Å². The van der Waals surface area contributed by atoms with Gasteiger partial charge in [-0.05, 0) is 42.0 Å². The Morgan fingerprint density at radius 3 is 2.69 bits per heavy atom. The second-order valence-electron chi connectivity index (χ2n) is 7.32. The van der Waals surface area contributed by atoms with E-state index in [1.807, 2.05) is 30.3 Å². The number of nitrogens with one attached hydrogen (secondary N) is 2. The number of nitrogens with zero attached hydrogens (tertiary/aromatic N) is 5. The van der Waals surface area contributed by atoms with Gasteiger partial charge < -0.3 is 10.7 Å². The van der Waals surface area contributed by atoms with Gasteiger partial charge in [-0.3, -0.25) is 20.1 Å². The number of H-pyrrole nitrogens is 2. The van der Waals surface area contributed by atoms with Crippen LogP contribution >= 0.6 is 0 Å². The molecule has 0 saturated heterocycles. The molecule has 0 fully saturated rings. The van der Waals surface area contributed by atoms with Crippen LogP contribution in [0.25, 0.3) is 56.0 Å². The molecule has 0 unspecified atom stereocenters. The van der Waals surface area contributed by atoms with Crippen molar-refractivity contribution in [2.75, 3.05) is 5.73 Å². The SMILES string of the molecule is Nc1cncc(-c2cc(F)c3n[nH]c(-c4nc5c(-c6ccccn6)nccc5[nH]4)c3c2)c1. The number of fused-ring (bicyclic) bond motifs is 2. The second kappa shape index (κ2) is 6.95. The summed E-state index contributed by atoms with van der Waals surface area (Å²) in [4.78, 5) is 21.0. The number of aromatic nitrogens is 7. The first-order valence-electron chi connectivity index (χ1n) is 9.82. The van der Waals surface area contributed by atoms with Crippen LogP contribution in [0.1, 0.15) is 0 Å². The molecule has 154 valence electrons. The third kappa shape index (κ3) is 2.87. The number of hydrogen-bond donors (Lipinski definition) is 3. The molecule has 8 nitrogen and oxygen atoms in total. The maximum atomic E-state index is 14.9. The molecule has 0 aliphatic rings. The summed E-state index contributed by atoms with van der Waals surface area (Å²) in [6.45, 7) is 0. The number of halogens is 1. The number of pyridine rings is 3. The maximum Gasteiger partial charge on any atom is 0.157 e. The summed E-state index contributed by atoms with van der Waals surface area (Å²) in [7, 11) is 0. The average molecular weight is 422 g/mol. The quantitative estimate of drug-likeness (QED) is 0.390. The third-order valence-electron chi connectivity index (χ3n) is 5.25. The molecule has 6 rings (SSSR count). The zero-order valence-electron chi connectivity index (χ0n) is 16.5. The van der Waals surface area contributed by atoms with Gasteiger partial charge in [0.15, 0.2) is 11.6 Å². The van der Waals surface area contributed by atoms with Crippen molar-refractivity contribution in [1.29, 1.82) is 0 Å². The van der Waals surface area contributed by atoms with Gasteiger partial charge in [0, 0.05) is 35.7 Å². The lowest BCUT2D eigenvalue weighted by molar-refractivity contribution is 0.636. The predicted octanol–water partition coefficient (Wildman–Crippen LogP) is 4.35. The number of hydrogen-bond acceptors (Lipinski definition) is 6. The minimum atomic E-state index is -0.450. The van der Waals surface area contributed by atoms with Crippen LogP contribution in [0.4, 0.5) is 10.1 Å². The highest BCUT2D eigenvalue weighted by Gasteiger charge is 2.18. The summed E-state index contributed by atoms with van der Waals surface area (Å²) in [5.74, 6) is 0.0734. The fourth-order valence-electron chi connectivity index (χ4n) is 3.78. The van der Waals surface area contributed by atoms with Crippen molar-refractivity contribution in [3.63, 3.8) is 0 Å². The van der Waals surface area contributed by atoms with Gasteiger partial charge in [-0.25, -0.2) is 9.37 Å². The Kier molecular flexibility index (Phi) is 3.94. The zero-order chi connectivity index (χ0) is 21.7. The lowest BCUT2D eigenvalue weighted by Crippen LogP contribution is -1.89. The second-order valence-corrected chi connectivity index (χ2v) is 7.32. The molecule has 0 atom stereocenters. The van der Waals surface area contributed by atoms with Gasteiger partial charge in [0.2, 0.25) is 0 Å². The van der Waals surface area contributed by atoms with Gasteiger partial charge in [-0.1, -0.05) is 6.07 Å². The van der Waals surface area contributed by atoms with Gasteiger partial charge in [0.1, 0.15) is 22.4 Å². The van der Waals surface area contributed by atoms with Crippen molar-refractivity contribution in [3.05, 3.63) is 73.1 Å². The topological polar surface area (TPSA) is 122 Å². The van der Waals surface area contributed by atoms with E-state index in [1.54, 1.807) is 30.9 Å². The predicted molar refractivity (Wildman–Crippen MR) is 120 cm³/mol. The Hall–Kier alpha value is -4.66. The van der Waals surface area contributed by atoms with E-state index in [-0.39, 0.29) is 5.52 Å². The van der Waals surface area contributed by atoms with Gasteiger partial charge in [0.05, 0.1) is 16.9 Å². The van der Waals surface area contributed by atoms with Crippen LogP contribution in [-0.2, 0) is 0 Å². The van der Waals surface area contributed by atoms with Crippen molar-refractivity contribution in [2.24, 2.45) is 0 Å². The molecule has 0 spiro atoms. The van der Waals surface area contributed by atoms with E-state index < -0.39 is 5.82 Å². The minimum Gasteiger partial charge on any atom is -0.397 e. The molecule has 0 saturated carbocycles. The summed E-state index contributed by atoms with van der Waals surface area (Å²) in [6, 6.07) is 12.5. The smallest absolute Gasteiger partial charge is 0.157 e. The highest BCUT2D eigenvalue weighted by Crippen LogP contribution is 2.33. The van der Waals surface area contributed by atoms with E-state index in [1.165, 1.54) is 6.07 Å². The molecule has 0 radical (unpaired) electrons. The third-order valence-corrected chi connectivity index (χ3v) is 5.25. The van der Waals surface area contributed by atoms with Crippen molar-refractivity contribution in [2.45, 2.75) is 0 Å². The molecule has 4 N–H and O–H groups in total. The van der Waals surface area contributed by atoms with Crippen LogP contribution in [0.2, 0.25) is 0 Å². The van der Waals surface area contributed by atoms with Crippen molar-refractivity contribution in [3.8, 4) is 34.0 Å². The fourth-order valence-corrected chi connectivity index (χ4v) is 3.78. The first kappa shape index (κ1) is 18.1. The molecule has 0 bridgehead atoms. The Labute approximate surface area is 180 Å². The number of nitrogens with two attached hydrogens (primary N) is 1. The molecule has 5 heterocycles. The molecule has 1 aromatic carbocycles. The molecule has 5 aromatic heterocycles. The van der Waals surface area contributed by atoms with Crippen molar-refractivity contribution in [1.82, 2.24) is 35.1 Å². The molecule has 6 aromatic rings. The Morgan fingerprint density at radius 2 is 1.84 bits per heavy atom. The van der Waals surface area contributed by atoms with E-state index in [0.717, 1.165) is 5.52 Å². The highest BCUT2D eigenvalue weighted by molar-refractivity contribution is 5.97. The van der Waals surface area contributed by atoms with Gasteiger partial charge in [-0.2, -0.15) is 5.10 Å². The van der Waals surface area contributed by atoms with Crippen LogP contribution in [0.15, 0.2) is 67.3 Å². The summed E-state index contributed by atoms with van der Waals surface area (Å²) < 4.78 is 14.9. The first-order chi connectivity index (χ1) is 15.7. The van der Waals surface area contributed by atoms with Gasteiger partial charge in [0.25, 0.3) is 0 Å². The molecule has 0 amide bonds. The molecule has 0 aliphatic carbocycles. The lowest BCUT2D eigenvalue weighted by Gasteiger charge is -2.04. The largest absolute Gasteiger partial charge is 0.397 e. The Balaban J connectivity index is 1.54. The van der Waals surface area contributed by atoms with Crippen LogP contribution in [0.3, 0.4) is 0 Å². The Morgan fingerprint density at radius 1 is 0.906 bits per heavy atom. The molecular weight excluding hydrogens is 407 g/mol. The number of benzene rings is 1. The normalized spacial score (nSPS) is 11.4. The summed E-state index contributed by atoms with van der Waals surface area (Å²) in [5, 5.41) is 7.68. The first-order valence-corrected chi connectivity index (χ1v) is 9.82. The summed E-state index contributed by atoms with van der Waals surface area (Å²) >= 11 is 0. The van der Waals surface area contributed by atoms with Crippen molar-refractivity contribution >= 4 is 27.6 Å². The molecule has 0 aliphatic heterocycles. The van der Waals surface area contributed by atoms with E-state index in [0.29, 0.717) is 50.6 Å². The number of nitrogen functional groups attached to an aromatic ring is 1. The standard InChI is InChI=1S/C23H15FN8/c24-16-9-12(13-7-14(25)11-26-10-13)8-15-19(16)31-32-20(15)23-29-18-4-6-28-21(22(18)30-23)17-3-1-2-5-27-17/h1-11H,25H2,(H,29,30)(H,31,32). The fraction of sp³-hybridized carbons (Fsp3) is 0. The van der Waals surface area contributed by atoms with Crippen LogP contribution < -0.4 is 5.73 Å². The molecule has 9 heteroatoms. The van der Waals surface area contributed by atoms with Crippen LogP contribution in [0, 0.1) is 5.82 Å². The monoisotopic (exact) mass is 422 g/mol. The van der Waals surface area contributed by atoms with Crippen molar-refractivity contribution < 1.29 is 4.39 Å². The number of rotatable bonds is 3. The number of anilines is 1. The van der Waals surface area contributed by atoms with E-state index in [4.69, 9.17) is 10.7 Å². The lowest BCUT2D eigenvalue weighted by atomic mass is 10.0.